The van der Waals surface area contributed by atoms with E-state index < -0.39 is 0 Å². The topological polar surface area (TPSA) is 26.0 Å². The summed E-state index contributed by atoms with van der Waals surface area (Å²) in [5, 5.41) is 0. The minimum Gasteiger partial charge on any atom is -0.330 e. The maximum atomic E-state index is 5.92. The molecule has 0 aliphatic heterocycles. The summed E-state index contributed by atoms with van der Waals surface area (Å²) < 4.78 is 1.12. The molecule has 0 fully saturated rings. The van der Waals surface area contributed by atoms with Crippen molar-refractivity contribution in [3.05, 3.63) is 69.7 Å². The van der Waals surface area contributed by atoms with Gasteiger partial charge in [0.05, 0.1) is 0 Å². The fourth-order valence-corrected chi connectivity index (χ4v) is 2.51. The van der Waals surface area contributed by atoms with Crippen molar-refractivity contribution in [1.29, 1.82) is 0 Å². The van der Waals surface area contributed by atoms with Crippen molar-refractivity contribution < 1.29 is 0 Å². The molecule has 0 radical (unpaired) electrons. The van der Waals surface area contributed by atoms with E-state index >= 15 is 0 Å². The number of nitrogens with two attached hydrogens (primary N) is 1. The normalized spacial score (nSPS) is 12.4. The van der Waals surface area contributed by atoms with Gasteiger partial charge in [-0.05, 0) is 55.5 Å². The lowest BCUT2D eigenvalue weighted by atomic mass is 9.92. The Hall–Kier alpha value is -1.12. The van der Waals surface area contributed by atoms with E-state index in [1.54, 1.807) is 0 Å². The van der Waals surface area contributed by atoms with Gasteiger partial charge in [0.1, 0.15) is 0 Å². The van der Waals surface area contributed by atoms with Crippen LogP contribution in [-0.2, 0) is 12.8 Å². The lowest BCUT2D eigenvalue weighted by Crippen LogP contribution is -2.19. The molecule has 0 heterocycles. The number of aryl methyl sites for hydroxylation is 1. The van der Waals surface area contributed by atoms with Gasteiger partial charge in [-0.15, -0.1) is 0 Å². The molecule has 0 saturated carbocycles. The molecule has 0 saturated heterocycles. The summed E-state index contributed by atoms with van der Waals surface area (Å²) in [5.41, 5.74) is 9.95. The summed E-state index contributed by atoms with van der Waals surface area (Å²) >= 11 is 3.46. The van der Waals surface area contributed by atoms with Gasteiger partial charge in [0.25, 0.3) is 0 Å². The Bertz CT molecular complexity index is 454. The van der Waals surface area contributed by atoms with E-state index in [2.05, 4.69) is 71.4 Å². The van der Waals surface area contributed by atoms with Crippen molar-refractivity contribution in [3.63, 3.8) is 0 Å². The highest BCUT2D eigenvalue weighted by Crippen LogP contribution is 2.17. The fraction of sp³-hybridized carbons (Fsp3) is 0.294. The van der Waals surface area contributed by atoms with E-state index in [1.807, 2.05) is 0 Å². The van der Waals surface area contributed by atoms with Crippen molar-refractivity contribution in [1.82, 2.24) is 0 Å². The summed E-state index contributed by atoms with van der Waals surface area (Å²) in [6, 6.07) is 17.3. The summed E-state index contributed by atoms with van der Waals surface area (Å²) in [6.07, 6.45) is 2.09. The molecule has 2 heteroatoms. The van der Waals surface area contributed by atoms with Gasteiger partial charge in [0.15, 0.2) is 0 Å². The Kier molecular flexibility index (Phi) is 5.17. The third-order valence-corrected chi connectivity index (χ3v) is 3.94. The van der Waals surface area contributed by atoms with Crippen molar-refractivity contribution in [3.8, 4) is 0 Å². The monoisotopic (exact) mass is 317 g/mol. The lowest BCUT2D eigenvalue weighted by Gasteiger charge is -2.15. The third-order valence-electron chi connectivity index (χ3n) is 3.42. The van der Waals surface area contributed by atoms with Crippen molar-refractivity contribution in [2.24, 2.45) is 11.7 Å². The van der Waals surface area contributed by atoms with Crippen LogP contribution in [0.15, 0.2) is 53.0 Å². The van der Waals surface area contributed by atoms with E-state index in [4.69, 9.17) is 5.73 Å². The van der Waals surface area contributed by atoms with Crippen LogP contribution >= 0.6 is 15.9 Å². The van der Waals surface area contributed by atoms with Crippen LogP contribution in [0.3, 0.4) is 0 Å². The van der Waals surface area contributed by atoms with Crippen LogP contribution < -0.4 is 5.73 Å². The molecule has 2 rings (SSSR count). The van der Waals surface area contributed by atoms with Crippen LogP contribution in [0.5, 0.6) is 0 Å². The molecule has 2 aromatic carbocycles. The number of rotatable bonds is 5. The quantitative estimate of drug-likeness (QED) is 0.882. The minimum absolute atomic E-state index is 0.504. The summed E-state index contributed by atoms with van der Waals surface area (Å²) in [4.78, 5) is 0. The summed E-state index contributed by atoms with van der Waals surface area (Å²) in [5.74, 6) is 0.504. The molecule has 0 aromatic heterocycles. The Morgan fingerprint density at radius 2 is 1.37 bits per heavy atom. The lowest BCUT2D eigenvalue weighted by molar-refractivity contribution is 0.533. The van der Waals surface area contributed by atoms with E-state index in [0.717, 1.165) is 23.9 Å². The maximum absolute atomic E-state index is 5.92. The SMILES string of the molecule is Cc1ccc(CC(CN)Cc2ccc(Br)cc2)cc1. The first-order valence-electron chi connectivity index (χ1n) is 6.67. The molecular formula is C17H20BrN. The zero-order valence-electron chi connectivity index (χ0n) is 11.3. The van der Waals surface area contributed by atoms with Gasteiger partial charge in [0, 0.05) is 4.47 Å². The van der Waals surface area contributed by atoms with Gasteiger partial charge in [-0.3, -0.25) is 0 Å². The Balaban J connectivity index is 2.00. The molecule has 1 unspecified atom stereocenters. The molecule has 0 bridgehead atoms. The molecule has 0 aliphatic carbocycles. The van der Waals surface area contributed by atoms with E-state index in [0.29, 0.717) is 5.92 Å². The number of hydrogen-bond acceptors (Lipinski definition) is 1. The predicted octanol–water partition coefficient (Wildman–Crippen LogP) is 4.12. The molecule has 2 N–H and O–H groups in total. The molecule has 0 spiro atoms. The second-order valence-electron chi connectivity index (χ2n) is 5.12. The zero-order valence-corrected chi connectivity index (χ0v) is 12.9. The van der Waals surface area contributed by atoms with Crippen LogP contribution in [0.2, 0.25) is 0 Å². The standard InChI is InChI=1S/C17H20BrN/c1-13-2-4-14(5-3-13)10-16(12-19)11-15-6-8-17(18)9-7-15/h2-9,16H,10-12,19H2,1H3. The Morgan fingerprint density at radius 3 is 1.84 bits per heavy atom. The fourth-order valence-electron chi connectivity index (χ4n) is 2.25. The molecule has 1 atom stereocenters. The van der Waals surface area contributed by atoms with Gasteiger partial charge in [-0.1, -0.05) is 57.9 Å². The molecule has 0 amide bonds. The first-order valence-corrected chi connectivity index (χ1v) is 7.46. The maximum Gasteiger partial charge on any atom is 0.0175 e. The van der Waals surface area contributed by atoms with E-state index in [1.165, 1.54) is 16.7 Å². The number of halogens is 1. The Morgan fingerprint density at radius 1 is 0.895 bits per heavy atom. The number of hydrogen-bond donors (Lipinski definition) is 1. The van der Waals surface area contributed by atoms with E-state index in [9.17, 15) is 0 Å². The van der Waals surface area contributed by atoms with Crippen LogP contribution in [0, 0.1) is 12.8 Å². The highest BCUT2D eigenvalue weighted by molar-refractivity contribution is 9.10. The second-order valence-corrected chi connectivity index (χ2v) is 6.04. The Labute approximate surface area is 124 Å². The molecule has 19 heavy (non-hydrogen) atoms. The van der Waals surface area contributed by atoms with Gasteiger partial charge < -0.3 is 5.73 Å². The third kappa shape index (κ3) is 4.48. The zero-order chi connectivity index (χ0) is 13.7. The summed E-state index contributed by atoms with van der Waals surface area (Å²) in [6.45, 7) is 2.84. The summed E-state index contributed by atoms with van der Waals surface area (Å²) in [7, 11) is 0. The average Bonchev–Trinajstić information content (AvgIpc) is 2.43. The van der Waals surface area contributed by atoms with Crippen molar-refractivity contribution in [2.45, 2.75) is 19.8 Å². The average molecular weight is 318 g/mol. The molecule has 2 aromatic rings. The first kappa shape index (κ1) is 14.3. The van der Waals surface area contributed by atoms with Gasteiger partial charge >= 0.3 is 0 Å². The largest absolute Gasteiger partial charge is 0.330 e. The van der Waals surface area contributed by atoms with Crippen LogP contribution in [0.1, 0.15) is 16.7 Å². The van der Waals surface area contributed by atoms with E-state index in [-0.39, 0.29) is 0 Å². The first-order chi connectivity index (χ1) is 9.17. The smallest absolute Gasteiger partial charge is 0.0175 e. The molecular weight excluding hydrogens is 298 g/mol. The van der Waals surface area contributed by atoms with Crippen LogP contribution in [0.25, 0.3) is 0 Å². The number of benzene rings is 2. The van der Waals surface area contributed by atoms with Gasteiger partial charge in [-0.25, -0.2) is 0 Å². The molecule has 100 valence electrons. The molecule has 0 aliphatic rings. The van der Waals surface area contributed by atoms with Crippen LogP contribution in [0.4, 0.5) is 0 Å². The highest BCUT2D eigenvalue weighted by atomic mass is 79.9. The van der Waals surface area contributed by atoms with Gasteiger partial charge in [-0.2, -0.15) is 0 Å². The predicted molar refractivity (Wildman–Crippen MR) is 85.3 cm³/mol. The highest BCUT2D eigenvalue weighted by Gasteiger charge is 2.09. The minimum atomic E-state index is 0.504. The second kappa shape index (κ2) is 6.88. The van der Waals surface area contributed by atoms with Crippen molar-refractivity contribution >= 4 is 15.9 Å². The van der Waals surface area contributed by atoms with Crippen LogP contribution in [-0.4, -0.2) is 6.54 Å². The van der Waals surface area contributed by atoms with Gasteiger partial charge in [0.2, 0.25) is 0 Å². The molecule has 1 nitrogen and oxygen atoms in total. The van der Waals surface area contributed by atoms with Crippen molar-refractivity contribution in [2.75, 3.05) is 6.54 Å².